The van der Waals surface area contributed by atoms with E-state index in [4.69, 9.17) is 19.9 Å². The molecule has 2 aromatic heterocycles. The lowest BCUT2D eigenvalue weighted by Crippen LogP contribution is -2.65. The Bertz CT molecular complexity index is 1560. The first-order valence-electron chi connectivity index (χ1n) is 13.0. The largest absolute Gasteiger partial charge is 0.496 e. The van der Waals surface area contributed by atoms with Gasteiger partial charge in [-0.3, -0.25) is 30.9 Å². The molecule has 2 atom stereocenters. The highest BCUT2D eigenvalue weighted by Gasteiger charge is 2.54. The Morgan fingerprint density at radius 3 is 1.98 bits per heavy atom. The zero-order valence-corrected chi connectivity index (χ0v) is 25.8. The van der Waals surface area contributed by atoms with Gasteiger partial charge in [0.1, 0.15) is 23.1 Å². The maximum atomic E-state index is 14.4. The maximum Gasteiger partial charge on any atom is 0.413 e. The maximum absolute atomic E-state index is 14.4. The molecule has 3 amide bonds. The van der Waals surface area contributed by atoms with Crippen LogP contribution in [-0.2, 0) is 20.0 Å². The van der Waals surface area contributed by atoms with Crippen LogP contribution in [0.25, 0.3) is 0 Å². The van der Waals surface area contributed by atoms with Gasteiger partial charge < -0.3 is 14.2 Å². The summed E-state index contributed by atoms with van der Waals surface area (Å²) in [7, 11) is 2.83. The highest BCUT2D eigenvalue weighted by Crippen LogP contribution is 2.41. The molecule has 2 aromatic carbocycles. The number of thiazole rings is 2. The van der Waals surface area contributed by atoms with Crippen molar-refractivity contribution in [1.29, 1.82) is 0 Å². The van der Waals surface area contributed by atoms with Gasteiger partial charge in [-0.2, -0.15) is 0 Å². The summed E-state index contributed by atoms with van der Waals surface area (Å²) in [5, 5.41) is 9.28. The molecule has 4 N–H and O–H groups in total. The topological polar surface area (TPSA) is 158 Å². The van der Waals surface area contributed by atoms with Crippen molar-refractivity contribution in [3.63, 3.8) is 0 Å². The number of rotatable bonds is 10. The average Bonchev–Trinajstić information content (AvgIpc) is 3.69. The number of aromatic nitrogens is 2. The van der Waals surface area contributed by atoms with Crippen molar-refractivity contribution in [2.24, 2.45) is 5.73 Å². The number of para-hydroxylation sites is 2. The van der Waals surface area contributed by atoms with Gasteiger partial charge in [-0.1, -0.05) is 36.4 Å². The van der Waals surface area contributed by atoms with Gasteiger partial charge in [-0.25, -0.2) is 14.8 Å². The van der Waals surface area contributed by atoms with Crippen LogP contribution in [0.5, 0.6) is 11.5 Å². The van der Waals surface area contributed by atoms with Crippen molar-refractivity contribution < 1.29 is 28.6 Å². The number of hydrogen-bond donors (Lipinski definition) is 3. The zero-order valence-electron chi connectivity index (χ0n) is 24.2. The van der Waals surface area contributed by atoms with Crippen LogP contribution >= 0.6 is 22.7 Å². The molecule has 0 spiro atoms. The minimum absolute atomic E-state index is 0.0827. The van der Waals surface area contributed by atoms with E-state index < -0.39 is 35.2 Å². The van der Waals surface area contributed by atoms with Crippen LogP contribution in [0.15, 0.2) is 71.7 Å². The van der Waals surface area contributed by atoms with Gasteiger partial charge in [-0.05, 0) is 32.9 Å². The van der Waals surface area contributed by atoms with Crippen molar-refractivity contribution >= 4 is 50.8 Å². The molecule has 0 bridgehead atoms. The molecule has 0 saturated heterocycles. The van der Waals surface area contributed by atoms with Crippen LogP contribution < -0.4 is 25.8 Å². The van der Waals surface area contributed by atoms with Crippen molar-refractivity contribution in [1.82, 2.24) is 14.9 Å². The number of hydrogen-bond acceptors (Lipinski definition) is 11. The molecular weight excluding hydrogens is 592 g/mol. The first kappa shape index (κ1) is 31.4. The van der Waals surface area contributed by atoms with Crippen molar-refractivity contribution in [3.05, 3.63) is 82.8 Å². The van der Waals surface area contributed by atoms with Crippen molar-refractivity contribution in [3.8, 4) is 11.5 Å². The molecule has 0 radical (unpaired) electrons. The quantitative estimate of drug-likeness (QED) is 0.207. The lowest BCUT2D eigenvalue weighted by molar-refractivity contribution is -0.135. The molecule has 0 aliphatic carbocycles. The van der Waals surface area contributed by atoms with Crippen LogP contribution in [0.1, 0.15) is 37.9 Å². The second-order valence-corrected chi connectivity index (χ2v) is 11.9. The predicted octanol–water partition coefficient (Wildman–Crippen LogP) is 4.98. The van der Waals surface area contributed by atoms with E-state index >= 15 is 0 Å². The Kier molecular flexibility index (Phi) is 9.63. The number of nitrogens with two attached hydrogens (primary N) is 1. The second-order valence-electron chi connectivity index (χ2n) is 10.1. The van der Waals surface area contributed by atoms with E-state index in [1.807, 2.05) is 0 Å². The fourth-order valence-corrected chi connectivity index (χ4v) is 5.37. The van der Waals surface area contributed by atoms with E-state index in [0.29, 0.717) is 0 Å². The normalized spacial score (nSPS) is 13.3. The standard InChI is InChI=1S/C29H32N6O6S2/c1-28(2,3)41-27(38)35(22(18-10-6-8-12-20(18)39-4)23(36)33-25-31-14-16-42-25)29(30,19-11-7-9-13-21(19)40-5)24(37)34-26-32-15-17-43-26/h6-17,22H,30H2,1-5H3,(H,31,33,36)(H,32,34,37). The molecule has 0 aliphatic rings. The summed E-state index contributed by atoms with van der Waals surface area (Å²) in [4.78, 5) is 52.2. The molecule has 0 saturated carbocycles. The lowest BCUT2D eigenvalue weighted by atomic mass is 9.91. The van der Waals surface area contributed by atoms with Gasteiger partial charge in [0.2, 0.25) is 5.66 Å². The Morgan fingerprint density at radius 1 is 0.860 bits per heavy atom. The summed E-state index contributed by atoms with van der Waals surface area (Å²) in [5.41, 5.74) is 4.00. The molecule has 43 heavy (non-hydrogen) atoms. The minimum atomic E-state index is -2.41. The number of benzene rings is 2. The number of methoxy groups -OCH3 is 2. The highest BCUT2D eigenvalue weighted by atomic mass is 32.1. The Balaban J connectivity index is 2.04. The summed E-state index contributed by atoms with van der Waals surface area (Å²) >= 11 is 2.33. The number of nitrogens with one attached hydrogen (secondary N) is 2. The number of anilines is 2. The Morgan fingerprint density at radius 2 is 1.42 bits per heavy atom. The van der Waals surface area contributed by atoms with Crippen LogP contribution in [-0.4, -0.2) is 52.6 Å². The summed E-state index contributed by atoms with van der Waals surface area (Å²) < 4.78 is 17.0. The molecule has 2 unspecified atom stereocenters. The number of carbonyl (C=O) groups excluding carboxylic acids is 3. The van der Waals surface area contributed by atoms with Crippen LogP contribution in [0.4, 0.5) is 15.1 Å². The van der Waals surface area contributed by atoms with Gasteiger partial charge in [0.25, 0.3) is 11.8 Å². The summed E-state index contributed by atoms with van der Waals surface area (Å²) in [5.74, 6) is -1.15. The molecule has 4 aromatic rings. The van der Waals surface area contributed by atoms with E-state index in [2.05, 4.69) is 20.6 Å². The molecule has 226 valence electrons. The van der Waals surface area contributed by atoms with Gasteiger partial charge >= 0.3 is 6.09 Å². The molecule has 2 heterocycles. The van der Waals surface area contributed by atoms with Crippen LogP contribution in [0.2, 0.25) is 0 Å². The van der Waals surface area contributed by atoms with E-state index in [-0.39, 0.29) is 32.9 Å². The third kappa shape index (κ3) is 6.93. The van der Waals surface area contributed by atoms with Gasteiger partial charge in [-0.15, -0.1) is 22.7 Å². The summed E-state index contributed by atoms with van der Waals surface area (Å²) in [6, 6.07) is 11.5. The van der Waals surface area contributed by atoms with E-state index in [1.165, 1.54) is 44.0 Å². The number of carbonyl (C=O) groups is 3. The van der Waals surface area contributed by atoms with Crippen LogP contribution in [0, 0.1) is 0 Å². The average molecular weight is 625 g/mol. The van der Waals surface area contributed by atoms with Gasteiger partial charge in [0.05, 0.1) is 14.2 Å². The van der Waals surface area contributed by atoms with Crippen molar-refractivity contribution in [2.45, 2.75) is 38.1 Å². The van der Waals surface area contributed by atoms with Gasteiger partial charge in [0, 0.05) is 34.3 Å². The van der Waals surface area contributed by atoms with Crippen LogP contribution in [0.3, 0.4) is 0 Å². The van der Waals surface area contributed by atoms with E-state index in [1.54, 1.807) is 74.0 Å². The van der Waals surface area contributed by atoms with E-state index in [9.17, 15) is 14.4 Å². The molecule has 14 heteroatoms. The lowest BCUT2D eigenvalue weighted by Gasteiger charge is -2.44. The monoisotopic (exact) mass is 624 g/mol. The highest BCUT2D eigenvalue weighted by molar-refractivity contribution is 7.14. The molecule has 12 nitrogen and oxygen atoms in total. The third-order valence-electron chi connectivity index (χ3n) is 6.09. The number of nitrogens with zero attached hydrogens (tertiary/aromatic N) is 3. The molecular formula is C29H32N6O6S2. The predicted molar refractivity (Wildman–Crippen MR) is 164 cm³/mol. The smallest absolute Gasteiger partial charge is 0.413 e. The fourth-order valence-electron chi connectivity index (χ4n) is 4.31. The second kappa shape index (κ2) is 13.2. The Hall–Kier alpha value is -4.53. The van der Waals surface area contributed by atoms with Gasteiger partial charge in [0.15, 0.2) is 10.3 Å². The van der Waals surface area contributed by atoms with Crippen molar-refractivity contribution in [2.75, 3.05) is 24.9 Å². The Labute approximate surface area is 256 Å². The zero-order chi connectivity index (χ0) is 31.2. The number of amides is 3. The first-order valence-corrected chi connectivity index (χ1v) is 14.7. The van der Waals surface area contributed by atoms with E-state index in [0.717, 1.165) is 16.2 Å². The SMILES string of the molecule is COc1ccccc1C(C(=O)Nc1nccs1)N(C(=O)OC(C)(C)C)C(N)(C(=O)Nc1nccs1)c1ccccc1OC. The molecule has 0 aliphatic heterocycles. The number of ether oxygens (including phenoxy) is 3. The summed E-state index contributed by atoms with van der Waals surface area (Å²) in [6.45, 7) is 4.98. The first-order chi connectivity index (χ1) is 20.5. The molecule has 0 fully saturated rings. The summed E-state index contributed by atoms with van der Waals surface area (Å²) in [6.07, 6.45) is 1.97. The minimum Gasteiger partial charge on any atom is -0.496 e. The molecule has 4 rings (SSSR count). The fraction of sp³-hybridized carbons (Fsp3) is 0.276. The third-order valence-corrected chi connectivity index (χ3v) is 7.47.